The molecule has 30 heavy (non-hydrogen) atoms. The molecule has 9 heteroatoms. The summed E-state index contributed by atoms with van der Waals surface area (Å²) in [6.07, 6.45) is 0.513. The van der Waals surface area contributed by atoms with Crippen molar-refractivity contribution in [3.63, 3.8) is 0 Å². The van der Waals surface area contributed by atoms with Crippen LogP contribution in [0.1, 0.15) is 46.9 Å². The lowest BCUT2D eigenvalue weighted by Gasteiger charge is -2.38. The summed E-state index contributed by atoms with van der Waals surface area (Å²) in [7, 11) is 0. The first-order valence-corrected chi connectivity index (χ1v) is 9.34. The van der Waals surface area contributed by atoms with Gasteiger partial charge in [0.2, 0.25) is 11.8 Å². The average molecular weight is 409 g/mol. The fourth-order valence-corrected chi connectivity index (χ4v) is 3.23. The molecule has 0 spiro atoms. The lowest BCUT2D eigenvalue weighted by Crippen LogP contribution is -2.59. The topological polar surface area (TPSA) is 118 Å². The number of hydrogen-bond donors (Lipinski definition) is 0. The Bertz CT molecular complexity index is 987. The van der Waals surface area contributed by atoms with Crippen LogP contribution in [-0.4, -0.2) is 44.5 Å². The number of nitro groups is 1. The highest BCUT2D eigenvalue weighted by Gasteiger charge is 2.40. The van der Waals surface area contributed by atoms with Gasteiger partial charge in [0.15, 0.2) is 5.78 Å². The van der Waals surface area contributed by atoms with Crippen LogP contribution >= 0.6 is 0 Å². The van der Waals surface area contributed by atoms with E-state index in [2.05, 4.69) is 0 Å². The number of nitro benzene ring substituents is 1. The highest BCUT2D eigenvalue weighted by molar-refractivity contribution is 6.07. The highest BCUT2D eigenvalue weighted by atomic mass is 16.6. The van der Waals surface area contributed by atoms with E-state index < -0.39 is 34.5 Å². The molecule has 154 valence electrons. The van der Waals surface area contributed by atoms with Crippen LogP contribution in [0.25, 0.3) is 0 Å². The Balaban J connectivity index is 2.01. The molecule has 3 rings (SSSR count). The summed E-state index contributed by atoms with van der Waals surface area (Å²) < 4.78 is 0. The quantitative estimate of drug-likeness (QED) is 0.313. The molecule has 3 amide bonds. The van der Waals surface area contributed by atoms with Crippen molar-refractivity contribution >= 4 is 29.2 Å². The Morgan fingerprint density at radius 3 is 2.07 bits per heavy atom. The molecule has 0 bridgehead atoms. The highest BCUT2D eigenvalue weighted by Crippen LogP contribution is 2.23. The second-order valence-corrected chi connectivity index (χ2v) is 6.81. The van der Waals surface area contributed by atoms with Crippen LogP contribution in [-0.2, 0) is 9.59 Å². The zero-order chi connectivity index (χ0) is 21.8. The van der Waals surface area contributed by atoms with Crippen molar-refractivity contribution < 1.29 is 24.1 Å². The van der Waals surface area contributed by atoms with Gasteiger partial charge in [-0.1, -0.05) is 30.3 Å². The third-order valence-corrected chi connectivity index (χ3v) is 4.81. The number of carbonyl (C=O) groups is 4. The van der Waals surface area contributed by atoms with E-state index in [-0.39, 0.29) is 24.1 Å². The number of Topliss-reactive ketones (excluding diaryl/α,β-unsaturated/α-hetero) is 1. The number of hydrogen-bond acceptors (Lipinski definition) is 6. The Morgan fingerprint density at radius 1 is 0.967 bits per heavy atom. The van der Waals surface area contributed by atoms with Gasteiger partial charge in [-0.3, -0.25) is 29.3 Å². The maximum atomic E-state index is 13.3. The van der Waals surface area contributed by atoms with E-state index in [9.17, 15) is 29.3 Å². The Labute approximate surface area is 172 Å². The number of piperidine rings is 1. The fourth-order valence-electron chi connectivity index (χ4n) is 3.23. The summed E-state index contributed by atoms with van der Waals surface area (Å²) in [5.74, 6) is -2.37. The van der Waals surface area contributed by atoms with Crippen molar-refractivity contribution in [3.05, 3.63) is 75.8 Å². The first-order valence-electron chi connectivity index (χ1n) is 9.34. The van der Waals surface area contributed by atoms with E-state index in [1.165, 1.54) is 19.1 Å². The summed E-state index contributed by atoms with van der Waals surface area (Å²) in [4.78, 5) is 61.5. The van der Waals surface area contributed by atoms with Crippen LogP contribution in [0.15, 0.2) is 54.6 Å². The summed E-state index contributed by atoms with van der Waals surface area (Å²) in [6, 6.07) is 11.8. The molecular formula is C21H19N3O6. The molecule has 0 N–H and O–H groups in total. The van der Waals surface area contributed by atoms with Crippen LogP contribution in [0, 0.1) is 10.1 Å². The van der Waals surface area contributed by atoms with E-state index in [0.717, 1.165) is 22.2 Å². The number of amides is 3. The van der Waals surface area contributed by atoms with Crippen molar-refractivity contribution in [1.29, 1.82) is 0 Å². The lowest BCUT2D eigenvalue weighted by molar-refractivity contribution is -0.384. The molecule has 0 aromatic heterocycles. The van der Waals surface area contributed by atoms with Crippen molar-refractivity contribution in [2.24, 2.45) is 0 Å². The van der Waals surface area contributed by atoms with Crippen LogP contribution < -0.4 is 0 Å². The molecule has 1 aliphatic heterocycles. The number of nitrogens with zero attached hydrogens (tertiary/aromatic N) is 3. The number of rotatable bonds is 6. The maximum Gasteiger partial charge on any atom is 0.273 e. The van der Waals surface area contributed by atoms with Crippen LogP contribution in [0.5, 0.6) is 0 Å². The van der Waals surface area contributed by atoms with Crippen LogP contribution in [0.2, 0.25) is 0 Å². The first kappa shape index (κ1) is 20.8. The maximum absolute atomic E-state index is 13.3. The van der Waals surface area contributed by atoms with Crippen molar-refractivity contribution in [2.45, 2.75) is 32.2 Å². The largest absolute Gasteiger partial charge is 0.292 e. The summed E-state index contributed by atoms with van der Waals surface area (Å²) in [6.45, 7) is 1.44. The van der Waals surface area contributed by atoms with Gasteiger partial charge in [-0.2, -0.15) is 5.01 Å². The van der Waals surface area contributed by atoms with Gasteiger partial charge in [-0.15, -0.1) is 0 Å². The van der Waals surface area contributed by atoms with E-state index >= 15 is 0 Å². The number of ketones is 1. The molecule has 1 aliphatic rings. The first-order chi connectivity index (χ1) is 14.3. The Morgan fingerprint density at radius 2 is 1.53 bits per heavy atom. The van der Waals surface area contributed by atoms with E-state index in [1.807, 2.05) is 0 Å². The number of imide groups is 1. The minimum atomic E-state index is -1.15. The van der Waals surface area contributed by atoms with Gasteiger partial charge in [-0.25, -0.2) is 5.01 Å². The van der Waals surface area contributed by atoms with Crippen molar-refractivity contribution in [2.75, 3.05) is 0 Å². The third-order valence-electron chi connectivity index (χ3n) is 4.81. The van der Waals surface area contributed by atoms with E-state index in [1.54, 1.807) is 30.3 Å². The second-order valence-electron chi connectivity index (χ2n) is 6.81. The smallest absolute Gasteiger partial charge is 0.273 e. The van der Waals surface area contributed by atoms with Gasteiger partial charge >= 0.3 is 0 Å². The zero-order valence-electron chi connectivity index (χ0n) is 16.2. The normalized spacial score (nSPS) is 14.9. The van der Waals surface area contributed by atoms with E-state index in [4.69, 9.17) is 0 Å². The van der Waals surface area contributed by atoms with Gasteiger partial charge in [0, 0.05) is 36.1 Å². The van der Waals surface area contributed by atoms with Crippen molar-refractivity contribution in [3.8, 4) is 0 Å². The molecule has 0 radical (unpaired) electrons. The lowest BCUT2D eigenvalue weighted by atomic mass is 10.0. The van der Waals surface area contributed by atoms with Gasteiger partial charge in [0.25, 0.3) is 11.6 Å². The molecule has 1 fully saturated rings. The minimum Gasteiger partial charge on any atom is -0.292 e. The molecule has 1 atom stereocenters. The SMILES string of the molecule is C[C@@H](C(=O)c1ccccc1)N(C(=O)c1ccc([N+](=O)[O-])cc1)N1C(=O)CCCC1=O. The summed E-state index contributed by atoms with van der Waals surface area (Å²) in [5.41, 5.74) is 0.125. The molecule has 1 heterocycles. The molecule has 9 nitrogen and oxygen atoms in total. The molecule has 0 unspecified atom stereocenters. The van der Waals surface area contributed by atoms with Crippen molar-refractivity contribution in [1.82, 2.24) is 10.0 Å². The fraction of sp³-hybridized carbons (Fsp3) is 0.238. The number of carbonyl (C=O) groups excluding carboxylic acids is 4. The number of benzene rings is 2. The minimum absolute atomic E-state index is 0.0134. The van der Waals surface area contributed by atoms with Gasteiger partial charge in [-0.05, 0) is 25.5 Å². The second kappa shape index (κ2) is 8.64. The molecule has 0 aliphatic carbocycles. The number of hydrazine groups is 1. The molecular weight excluding hydrogens is 390 g/mol. The number of non-ortho nitro benzene ring substituents is 1. The predicted octanol–water partition coefficient (Wildman–Crippen LogP) is 2.76. The van der Waals surface area contributed by atoms with Crippen LogP contribution in [0.4, 0.5) is 5.69 Å². The molecule has 2 aromatic rings. The Kier molecular flexibility index (Phi) is 6.01. The molecule has 0 saturated carbocycles. The van der Waals surface area contributed by atoms with E-state index in [0.29, 0.717) is 12.0 Å². The monoisotopic (exact) mass is 409 g/mol. The summed E-state index contributed by atoms with van der Waals surface area (Å²) in [5, 5.41) is 12.5. The van der Waals surface area contributed by atoms with Gasteiger partial charge in [0.05, 0.1) is 4.92 Å². The predicted molar refractivity (Wildman–Crippen MR) is 105 cm³/mol. The molecule has 1 saturated heterocycles. The average Bonchev–Trinajstić information content (AvgIpc) is 2.75. The third kappa shape index (κ3) is 4.09. The van der Waals surface area contributed by atoms with Gasteiger partial charge in [0.1, 0.15) is 6.04 Å². The molecule has 2 aromatic carbocycles. The zero-order valence-corrected chi connectivity index (χ0v) is 16.2. The van der Waals surface area contributed by atoms with Gasteiger partial charge < -0.3 is 0 Å². The summed E-state index contributed by atoms with van der Waals surface area (Å²) >= 11 is 0. The van der Waals surface area contributed by atoms with Crippen LogP contribution in [0.3, 0.4) is 0 Å². The Hall–Kier alpha value is -3.88. The standard InChI is InChI=1S/C21H19N3O6/c1-14(20(27)15-6-3-2-4-7-15)22(23-18(25)8-5-9-19(23)26)21(28)16-10-12-17(13-11-16)24(29)30/h2-4,6-7,10-14H,5,8-9H2,1H3/t14-/m0/s1.